The number of nitrogens with zero attached hydrogens (tertiary/aromatic N) is 1. The lowest BCUT2D eigenvalue weighted by molar-refractivity contribution is -0.121. The Bertz CT molecular complexity index is 529. The lowest BCUT2D eigenvalue weighted by Gasteiger charge is -2.22. The summed E-state index contributed by atoms with van der Waals surface area (Å²) in [5, 5.41) is 2.89. The average Bonchev–Trinajstić information content (AvgIpc) is 2.40. The molecule has 0 bridgehead atoms. The SMILES string of the molecule is CC(=O)N(CCC(=O)NCCC(C)C)c1ccc(C)cc1Br. The van der Waals surface area contributed by atoms with Crippen LogP contribution in [0.4, 0.5) is 5.69 Å². The zero-order chi connectivity index (χ0) is 16.7. The Morgan fingerprint density at radius 1 is 1.32 bits per heavy atom. The zero-order valence-corrected chi connectivity index (χ0v) is 15.4. The molecule has 122 valence electrons. The quantitative estimate of drug-likeness (QED) is 0.798. The molecule has 22 heavy (non-hydrogen) atoms. The molecule has 0 saturated carbocycles. The van der Waals surface area contributed by atoms with Crippen molar-refractivity contribution in [3.8, 4) is 0 Å². The Morgan fingerprint density at radius 2 is 2.00 bits per heavy atom. The number of anilines is 1. The maximum atomic E-state index is 11.9. The van der Waals surface area contributed by atoms with Gasteiger partial charge in [0.2, 0.25) is 11.8 Å². The van der Waals surface area contributed by atoms with Crippen molar-refractivity contribution < 1.29 is 9.59 Å². The second-order valence-corrected chi connectivity index (χ2v) is 6.76. The van der Waals surface area contributed by atoms with Gasteiger partial charge in [-0.25, -0.2) is 0 Å². The van der Waals surface area contributed by atoms with Gasteiger partial charge >= 0.3 is 0 Å². The van der Waals surface area contributed by atoms with Crippen molar-refractivity contribution in [2.45, 2.75) is 40.5 Å². The van der Waals surface area contributed by atoms with Crippen molar-refractivity contribution in [2.75, 3.05) is 18.0 Å². The van der Waals surface area contributed by atoms with E-state index in [1.165, 1.54) is 6.92 Å². The van der Waals surface area contributed by atoms with E-state index < -0.39 is 0 Å². The molecule has 1 rings (SSSR count). The third kappa shape index (κ3) is 6.18. The minimum Gasteiger partial charge on any atom is -0.356 e. The number of carbonyl (C=O) groups is 2. The largest absolute Gasteiger partial charge is 0.356 e. The highest BCUT2D eigenvalue weighted by Gasteiger charge is 2.16. The molecule has 5 heteroatoms. The van der Waals surface area contributed by atoms with Gasteiger partial charge in [-0.3, -0.25) is 9.59 Å². The summed E-state index contributed by atoms with van der Waals surface area (Å²) < 4.78 is 0.864. The maximum absolute atomic E-state index is 11.9. The van der Waals surface area contributed by atoms with Crippen LogP contribution < -0.4 is 10.2 Å². The molecule has 0 fully saturated rings. The number of amides is 2. The third-order valence-corrected chi connectivity index (χ3v) is 4.02. The fourth-order valence-corrected chi connectivity index (χ4v) is 2.79. The molecule has 0 aromatic heterocycles. The third-order valence-electron chi connectivity index (χ3n) is 3.38. The van der Waals surface area contributed by atoms with Gasteiger partial charge in [-0.2, -0.15) is 0 Å². The topological polar surface area (TPSA) is 49.4 Å². The molecule has 0 atom stereocenters. The highest BCUT2D eigenvalue weighted by molar-refractivity contribution is 9.10. The van der Waals surface area contributed by atoms with Crippen LogP contribution in [-0.2, 0) is 9.59 Å². The van der Waals surface area contributed by atoms with Gasteiger partial charge in [0, 0.05) is 30.9 Å². The summed E-state index contributed by atoms with van der Waals surface area (Å²) >= 11 is 3.49. The molecule has 0 radical (unpaired) electrons. The number of hydrogen-bond acceptors (Lipinski definition) is 2. The molecule has 0 unspecified atom stereocenters. The van der Waals surface area contributed by atoms with Crippen LogP contribution in [0.15, 0.2) is 22.7 Å². The lowest BCUT2D eigenvalue weighted by atomic mass is 10.1. The van der Waals surface area contributed by atoms with Crippen LogP contribution in [0.2, 0.25) is 0 Å². The molecule has 0 aliphatic carbocycles. The molecule has 0 heterocycles. The van der Waals surface area contributed by atoms with Gasteiger partial charge in [-0.05, 0) is 52.9 Å². The normalized spacial score (nSPS) is 10.6. The van der Waals surface area contributed by atoms with Crippen molar-refractivity contribution in [2.24, 2.45) is 5.92 Å². The smallest absolute Gasteiger partial charge is 0.223 e. The summed E-state index contributed by atoms with van der Waals surface area (Å²) in [7, 11) is 0. The molecule has 4 nitrogen and oxygen atoms in total. The number of carbonyl (C=O) groups excluding carboxylic acids is 2. The first-order chi connectivity index (χ1) is 10.3. The van der Waals surface area contributed by atoms with Crippen LogP contribution in [-0.4, -0.2) is 24.9 Å². The van der Waals surface area contributed by atoms with E-state index in [1.807, 2.05) is 25.1 Å². The van der Waals surface area contributed by atoms with Gasteiger partial charge in [-0.15, -0.1) is 0 Å². The predicted molar refractivity (Wildman–Crippen MR) is 94.0 cm³/mol. The van der Waals surface area contributed by atoms with Gasteiger partial charge < -0.3 is 10.2 Å². The number of nitrogens with one attached hydrogen (secondary N) is 1. The standard InChI is InChI=1S/C17H25BrN2O2/c1-12(2)7-9-19-17(22)8-10-20(14(4)21)16-6-5-13(3)11-15(16)18/h5-6,11-12H,7-10H2,1-4H3,(H,19,22). The van der Waals surface area contributed by atoms with Crippen molar-refractivity contribution in [3.63, 3.8) is 0 Å². The zero-order valence-electron chi connectivity index (χ0n) is 13.8. The molecule has 2 amide bonds. The van der Waals surface area contributed by atoms with E-state index in [1.54, 1.807) is 4.90 Å². The number of aryl methyl sites for hydroxylation is 1. The summed E-state index contributed by atoms with van der Waals surface area (Å²) in [6, 6.07) is 5.82. The summed E-state index contributed by atoms with van der Waals surface area (Å²) in [4.78, 5) is 25.4. The van der Waals surface area contributed by atoms with Crippen molar-refractivity contribution in [1.29, 1.82) is 0 Å². The first-order valence-corrected chi connectivity index (χ1v) is 8.41. The number of hydrogen-bond donors (Lipinski definition) is 1. The molecule has 0 aliphatic rings. The molecular formula is C17H25BrN2O2. The second-order valence-electron chi connectivity index (χ2n) is 5.91. The van der Waals surface area contributed by atoms with Gasteiger partial charge in [0.15, 0.2) is 0 Å². The molecule has 1 aromatic carbocycles. The number of benzene rings is 1. The Labute approximate surface area is 141 Å². The highest BCUT2D eigenvalue weighted by atomic mass is 79.9. The van der Waals surface area contributed by atoms with Gasteiger partial charge in [0.25, 0.3) is 0 Å². The predicted octanol–water partition coefficient (Wildman–Crippen LogP) is 3.66. The molecule has 0 saturated heterocycles. The summed E-state index contributed by atoms with van der Waals surface area (Å²) in [6.07, 6.45) is 1.27. The van der Waals surface area contributed by atoms with Gasteiger partial charge in [0.05, 0.1) is 5.69 Å². The number of rotatable bonds is 7. The van der Waals surface area contributed by atoms with E-state index in [4.69, 9.17) is 0 Å². The van der Waals surface area contributed by atoms with E-state index in [0.29, 0.717) is 25.4 Å². The van der Waals surface area contributed by atoms with E-state index in [0.717, 1.165) is 22.1 Å². The maximum Gasteiger partial charge on any atom is 0.223 e. The van der Waals surface area contributed by atoms with Crippen LogP contribution in [0.25, 0.3) is 0 Å². The van der Waals surface area contributed by atoms with Crippen LogP contribution in [0.5, 0.6) is 0 Å². The van der Waals surface area contributed by atoms with E-state index in [9.17, 15) is 9.59 Å². The van der Waals surface area contributed by atoms with Crippen molar-refractivity contribution in [1.82, 2.24) is 5.32 Å². The molecule has 1 aromatic rings. The first-order valence-electron chi connectivity index (χ1n) is 7.62. The van der Waals surface area contributed by atoms with E-state index in [-0.39, 0.29) is 11.8 Å². The van der Waals surface area contributed by atoms with E-state index >= 15 is 0 Å². The molecule has 0 aliphatic heterocycles. The monoisotopic (exact) mass is 368 g/mol. The van der Waals surface area contributed by atoms with Crippen LogP contribution >= 0.6 is 15.9 Å². The average molecular weight is 369 g/mol. The first kappa shape index (κ1) is 18.7. The Kier molecular flexibility index (Phi) is 7.59. The number of halogens is 1. The fraction of sp³-hybridized carbons (Fsp3) is 0.529. The second kappa shape index (κ2) is 8.93. The van der Waals surface area contributed by atoms with Crippen molar-refractivity contribution >= 4 is 33.4 Å². The van der Waals surface area contributed by atoms with Crippen LogP contribution in [0.1, 0.15) is 39.2 Å². The van der Waals surface area contributed by atoms with Crippen molar-refractivity contribution in [3.05, 3.63) is 28.2 Å². The van der Waals surface area contributed by atoms with E-state index in [2.05, 4.69) is 35.1 Å². The molecule has 0 spiro atoms. The lowest BCUT2D eigenvalue weighted by Crippen LogP contribution is -2.34. The Hall–Kier alpha value is -1.36. The highest BCUT2D eigenvalue weighted by Crippen LogP contribution is 2.27. The minimum atomic E-state index is -0.0699. The van der Waals surface area contributed by atoms with Crippen LogP contribution in [0.3, 0.4) is 0 Å². The summed E-state index contributed by atoms with van der Waals surface area (Å²) in [6.45, 7) is 8.82. The fourth-order valence-electron chi connectivity index (χ4n) is 2.08. The molecular weight excluding hydrogens is 344 g/mol. The molecule has 1 N–H and O–H groups in total. The van der Waals surface area contributed by atoms with Crippen LogP contribution in [0, 0.1) is 12.8 Å². The summed E-state index contributed by atoms with van der Waals surface area (Å²) in [5.41, 5.74) is 1.92. The van der Waals surface area contributed by atoms with Gasteiger partial charge in [-0.1, -0.05) is 19.9 Å². The minimum absolute atomic E-state index is 0.0184. The Balaban J connectivity index is 2.62. The van der Waals surface area contributed by atoms with Gasteiger partial charge in [0.1, 0.15) is 0 Å². The summed E-state index contributed by atoms with van der Waals surface area (Å²) in [5.74, 6) is 0.479. The Morgan fingerprint density at radius 3 is 2.55 bits per heavy atom.